The molecule has 0 aliphatic carbocycles. The molecule has 3 heteroatoms. The highest BCUT2D eigenvalue weighted by atomic mass is 19.1. The number of pyridine rings is 1. The van der Waals surface area contributed by atoms with Gasteiger partial charge in [0, 0.05) is 17.1 Å². The Labute approximate surface area is 116 Å². The molecule has 3 rings (SSSR count). The summed E-state index contributed by atoms with van der Waals surface area (Å²) in [6.45, 7) is 1.79. The first-order valence-corrected chi connectivity index (χ1v) is 6.44. The lowest BCUT2D eigenvalue weighted by Crippen LogP contribution is -2.03. The van der Waals surface area contributed by atoms with Crippen molar-refractivity contribution in [1.82, 2.24) is 4.98 Å². The Balaban J connectivity index is 2.05. The normalized spacial score (nSPS) is 12.6. The third kappa shape index (κ3) is 2.28. The first kappa shape index (κ1) is 12.8. The molecule has 0 aliphatic rings. The van der Waals surface area contributed by atoms with Crippen molar-refractivity contribution in [2.24, 2.45) is 0 Å². The number of para-hydroxylation sites is 1. The Kier molecular flexibility index (Phi) is 3.20. The number of aliphatic hydroxyl groups excluding tert-OH is 1. The molecule has 0 aliphatic heterocycles. The van der Waals surface area contributed by atoms with Crippen molar-refractivity contribution in [3.05, 3.63) is 77.2 Å². The van der Waals surface area contributed by atoms with Gasteiger partial charge in [0.1, 0.15) is 11.9 Å². The van der Waals surface area contributed by atoms with E-state index in [1.54, 1.807) is 19.2 Å². The molecule has 0 bridgehead atoms. The van der Waals surface area contributed by atoms with E-state index in [0.717, 1.165) is 16.5 Å². The van der Waals surface area contributed by atoms with E-state index in [-0.39, 0.29) is 5.82 Å². The second-order valence-electron chi connectivity index (χ2n) is 4.86. The van der Waals surface area contributed by atoms with Gasteiger partial charge in [-0.25, -0.2) is 4.39 Å². The van der Waals surface area contributed by atoms with Crippen LogP contribution in [0.1, 0.15) is 22.8 Å². The molecule has 0 saturated carbocycles. The van der Waals surface area contributed by atoms with E-state index in [0.29, 0.717) is 11.1 Å². The van der Waals surface area contributed by atoms with Crippen LogP contribution in [0.4, 0.5) is 4.39 Å². The Bertz CT molecular complexity index is 770. The molecule has 0 radical (unpaired) electrons. The van der Waals surface area contributed by atoms with Crippen LogP contribution >= 0.6 is 0 Å². The van der Waals surface area contributed by atoms with Gasteiger partial charge in [-0.2, -0.15) is 0 Å². The number of rotatable bonds is 2. The van der Waals surface area contributed by atoms with E-state index >= 15 is 0 Å². The minimum Gasteiger partial charge on any atom is -0.384 e. The quantitative estimate of drug-likeness (QED) is 0.766. The largest absolute Gasteiger partial charge is 0.384 e. The Morgan fingerprint density at radius 3 is 2.70 bits per heavy atom. The lowest BCUT2D eigenvalue weighted by Gasteiger charge is -2.14. The van der Waals surface area contributed by atoms with Gasteiger partial charge in [-0.05, 0) is 42.3 Å². The highest BCUT2D eigenvalue weighted by Crippen LogP contribution is 2.26. The SMILES string of the molecule is Cc1cc(F)ccc1C(O)c1cnc2ccccc2c1. The molecule has 0 fully saturated rings. The van der Waals surface area contributed by atoms with Gasteiger partial charge in [0.15, 0.2) is 0 Å². The third-order valence-corrected chi connectivity index (χ3v) is 3.45. The van der Waals surface area contributed by atoms with Gasteiger partial charge in [0.2, 0.25) is 0 Å². The summed E-state index contributed by atoms with van der Waals surface area (Å²) >= 11 is 0. The number of aryl methyl sites for hydroxylation is 1. The molecule has 0 spiro atoms. The third-order valence-electron chi connectivity index (χ3n) is 3.45. The highest BCUT2D eigenvalue weighted by Gasteiger charge is 2.14. The van der Waals surface area contributed by atoms with Gasteiger partial charge in [0.05, 0.1) is 5.52 Å². The maximum atomic E-state index is 13.1. The monoisotopic (exact) mass is 267 g/mol. The van der Waals surface area contributed by atoms with Crippen LogP contribution in [-0.4, -0.2) is 10.1 Å². The number of benzene rings is 2. The molecule has 1 N–H and O–H groups in total. The number of nitrogens with zero attached hydrogens (tertiary/aromatic N) is 1. The molecule has 0 saturated heterocycles. The van der Waals surface area contributed by atoms with Crippen LogP contribution in [0.5, 0.6) is 0 Å². The molecule has 1 aromatic heterocycles. The predicted octanol–water partition coefficient (Wildman–Crippen LogP) is 3.76. The molecule has 20 heavy (non-hydrogen) atoms. The summed E-state index contributed by atoms with van der Waals surface area (Å²) in [6, 6.07) is 14.1. The fourth-order valence-electron chi connectivity index (χ4n) is 2.36. The van der Waals surface area contributed by atoms with Crippen LogP contribution in [0.2, 0.25) is 0 Å². The van der Waals surface area contributed by atoms with Gasteiger partial charge < -0.3 is 5.11 Å². The first-order chi connectivity index (χ1) is 9.65. The average molecular weight is 267 g/mol. The van der Waals surface area contributed by atoms with E-state index in [2.05, 4.69) is 4.98 Å². The number of fused-ring (bicyclic) bond motifs is 1. The van der Waals surface area contributed by atoms with Crippen molar-refractivity contribution in [3.8, 4) is 0 Å². The fraction of sp³-hybridized carbons (Fsp3) is 0.118. The average Bonchev–Trinajstić information content (AvgIpc) is 2.46. The molecule has 100 valence electrons. The number of aliphatic hydroxyl groups is 1. The maximum Gasteiger partial charge on any atom is 0.123 e. The molecule has 1 heterocycles. The second-order valence-corrected chi connectivity index (χ2v) is 4.86. The van der Waals surface area contributed by atoms with E-state index in [4.69, 9.17) is 0 Å². The standard InChI is InChI=1S/C17H14FNO/c1-11-8-14(18)6-7-15(11)17(20)13-9-12-4-2-3-5-16(12)19-10-13/h2-10,17,20H,1H3. The number of aromatic nitrogens is 1. The molecular formula is C17H14FNO. The Morgan fingerprint density at radius 1 is 1.10 bits per heavy atom. The smallest absolute Gasteiger partial charge is 0.123 e. The topological polar surface area (TPSA) is 33.1 Å². The van der Waals surface area contributed by atoms with Gasteiger partial charge in [-0.15, -0.1) is 0 Å². The molecule has 2 nitrogen and oxygen atoms in total. The number of halogens is 1. The molecule has 2 aromatic carbocycles. The van der Waals surface area contributed by atoms with Crippen molar-refractivity contribution < 1.29 is 9.50 Å². The van der Waals surface area contributed by atoms with E-state index in [1.807, 2.05) is 30.3 Å². The van der Waals surface area contributed by atoms with Crippen LogP contribution in [-0.2, 0) is 0 Å². The summed E-state index contributed by atoms with van der Waals surface area (Å²) in [4.78, 5) is 4.34. The van der Waals surface area contributed by atoms with Crippen molar-refractivity contribution in [3.63, 3.8) is 0 Å². The zero-order valence-corrected chi connectivity index (χ0v) is 11.0. The minimum absolute atomic E-state index is 0.296. The predicted molar refractivity (Wildman–Crippen MR) is 76.9 cm³/mol. The second kappa shape index (κ2) is 5.02. The molecular weight excluding hydrogens is 253 g/mol. The Hall–Kier alpha value is -2.26. The van der Waals surface area contributed by atoms with Gasteiger partial charge in [-0.3, -0.25) is 4.98 Å². The van der Waals surface area contributed by atoms with Gasteiger partial charge >= 0.3 is 0 Å². The van der Waals surface area contributed by atoms with Crippen molar-refractivity contribution >= 4 is 10.9 Å². The van der Waals surface area contributed by atoms with E-state index in [1.165, 1.54) is 12.1 Å². The summed E-state index contributed by atoms with van der Waals surface area (Å²) in [6.07, 6.45) is 0.864. The molecule has 1 atom stereocenters. The van der Waals surface area contributed by atoms with Crippen LogP contribution in [0.25, 0.3) is 10.9 Å². The summed E-state index contributed by atoms with van der Waals surface area (Å²) in [7, 11) is 0. The fourth-order valence-corrected chi connectivity index (χ4v) is 2.36. The minimum atomic E-state index is -0.798. The summed E-state index contributed by atoms with van der Waals surface area (Å²) in [5.74, 6) is -0.296. The number of hydrogen-bond donors (Lipinski definition) is 1. The van der Waals surface area contributed by atoms with Crippen LogP contribution < -0.4 is 0 Å². The highest BCUT2D eigenvalue weighted by molar-refractivity contribution is 5.78. The zero-order chi connectivity index (χ0) is 14.1. The van der Waals surface area contributed by atoms with Crippen molar-refractivity contribution in [2.45, 2.75) is 13.0 Å². The lowest BCUT2D eigenvalue weighted by molar-refractivity contribution is 0.219. The maximum absolute atomic E-state index is 13.1. The molecule has 0 amide bonds. The molecule has 1 unspecified atom stereocenters. The zero-order valence-electron chi connectivity index (χ0n) is 11.0. The van der Waals surface area contributed by atoms with Crippen LogP contribution in [0.3, 0.4) is 0 Å². The van der Waals surface area contributed by atoms with Gasteiger partial charge in [-0.1, -0.05) is 24.3 Å². The van der Waals surface area contributed by atoms with E-state index in [9.17, 15) is 9.50 Å². The van der Waals surface area contributed by atoms with Crippen LogP contribution in [0.15, 0.2) is 54.7 Å². The summed E-state index contributed by atoms with van der Waals surface area (Å²) < 4.78 is 13.1. The van der Waals surface area contributed by atoms with Crippen molar-refractivity contribution in [1.29, 1.82) is 0 Å². The van der Waals surface area contributed by atoms with E-state index < -0.39 is 6.10 Å². The molecule has 3 aromatic rings. The van der Waals surface area contributed by atoms with Crippen molar-refractivity contribution in [2.75, 3.05) is 0 Å². The van der Waals surface area contributed by atoms with Crippen LogP contribution in [0, 0.1) is 12.7 Å². The summed E-state index contributed by atoms with van der Waals surface area (Å²) in [5, 5.41) is 11.4. The lowest BCUT2D eigenvalue weighted by atomic mass is 9.97. The number of hydrogen-bond acceptors (Lipinski definition) is 2. The van der Waals surface area contributed by atoms with Gasteiger partial charge in [0.25, 0.3) is 0 Å². The summed E-state index contributed by atoms with van der Waals surface area (Å²) in [5.41, 5.74) is 3.02. The Morgan fingerprint density at radius 2 is 1.90 bits per heavy atom. The first-order valence-electron chi connectivity index (χ1n) is 6.44.